The van der Waals surface area contributed by atoms with E-state index in [1.165, 1.54) is 12.1 Å². The Morgan fingerprint density at radius 2 is 2.10 bits per heavy atom. The van der Waals surface area contributed by atoms with Gasteiger partial charge >= 0.3 is 0 Å². The van der Waals surface area contributed by atoms with Gasteiger partial charge in [-0.05, 0) is 49.6 Å². The molecule has 1 fully saturated rings. The molecule has 0 spiro atoms. The average molecular weight is 404 g/mol. The predicted molar refractivity (Wildman–Crippen MR) is 100 cm³/mol. The number of aromatic nitrogens is 1. The first-order chi connectivity index (χ1) is 13.7. The maximum atomic E-state index is 14.6. The molecule has 1 aliphatic heterocycles. The molecule has 29 heavy (non-hydrogen) atoms. The fourth-order valence-electron chi connectivity index (χ4n) is 3.85. The summed E-state index contributed by atoms with van der Waals surface area (Å²) in [4.78, 5) is 20.5. The van der Waals surface area contributed by atoms with Crippen molar-refractivity contribution in [3.05, 3.63) is 58.7 Å². The molecule has 2 aromatic rings. The monoisotopic (exact) mass is 404 g/mol. The fraction of sp³-hybridized carbons (Fsp3) is 0.350. The van der Waals surface area contributed by atoms with Crippen molar-refractivity contribution in [3.8, 4) is 0 Å². The summed E-state index contributed by atoms with van der Waals surface area (Å²) in [6.07, 6.45) is -1.66. The van der Waals surface area contributed by atoms with E-state index in [0.717, 1.165) is 11.6 Å². The summed E-state index contributed by atoms with van der Waals surface area (Å²) < 4.78 is 48.2. The van der Waals surface area contributed by atoms with Crippen molar-refractivity contribution in [2.75, 3.05) is 5.32 Å². The van der Waals surface area contributed by atoms with Crippen molar-refractivity contribution in [2.24, 2.45) is 16.6 Å². The normalized spacial score (nSPS) is 25.1. The second-order valence-electron chi connectivity index (χ2n) is 7.40. The van der Waals surface area contributed by atoms with Crippen LogP contribution < -0.4 is 11.1 Å². The molecule has 6 nitrogen and oxygen atoms in total. The number of aliphatic imine (C=N–C) groups is 1. The zero-order chi connectivity index (χ0) is 20.9. The maximum Gasteiger partial charge on any atom is 0.283 e. The van der Waals surface area contributed by atoms with E-state index in [1.807, 2.05) is 6.92 Å². The van der Waals surface area contributed by atoms with Gasteiger partial charge in [0.25, 0.3) is 18.4 Å². The standard InChI is InChI=1S/C20H19F3N4O2/c1-9-5-10(2)16(25-8-9)17(28)26-11-3-4-14(21)12(6-11)20(18(22)23)13-7-15(13)29-19(24)27-20/h3-6,8,13,15,18H,7H2,1-2H3,(H2,24,27)(H,26,28)/t13-,15+,20+/m0/s1. The highest BCUT2D eigenvalue weighted by Gasteiger charge is 2.64. The number of nitrogens with one attached hydrogen (secondary N) is 1. The van der Waals surface area contributed by atoms with Crippen LogP contribution in [0, 0.1) is 25.6 Å². The van der Waals surface area contributed by atoms with Crippen LogP contribution in [0.1, 0.15) is 33.6 Å². The Hall–Kier alpha value is -3.10. The van der Waals surface area contributed by atoms with Gasteiger partial charge in [-0.2, -0.15) is 0 Å². The number of amides is 1. The lowest BCUT2D eigenvalue weighted by Crippen LogP contribution is -2.43. The lowest BCUT2D eigenvalue weighted by molar-refractivity contribution is 0.0177. The molecule has 152 valence electrons. The highest BCUT2D eigenvalue weighted by molar-refractivity contribution is 6.03. The van der Waals surface area contributed by atoms with E-state index < -0.39 is 41.7 Å². The van der Waals surface area contributed by atoms with E-state index in [4.69, 9.17) is 10.5 Å². The average Bonchev–Trinajstić information content (AvgIpc) is 3.41. The molecule has 1 aromatic heterocycles. The third-order valence-electron chi connectivity index (χ3n) is 5.28. The number of anilines is 1. The number of nitrogens with two attached hydrogens (primary N) is 1. The number of halogens is 3. The van der Waals surface area contributed by atoms with Crippen molar-refractivity contribution in [3.63, 3.8) is 0 Å². The molecule has 0 unspecified atom stereocenters. The largest absolute Gasteiger partial charge is 0.462 e. The van der Waals surface area contributed by atoms with Crippen LogP contribution in [0.5, 0.6) is 0 Å². The highest BCUT2D eigenvalue weighted by atomic mass is 19.3. The molecule has 3 N–H and O–H groups in total. The molecule has 1 aliphatic carbocycles. The first kappa shape index (κ1) is 19.2. The summed E-state index contributed by atoms with van der Waals surface area (Å²) in [5, 5.41) is 2.60. The summed E-state index contributed by atoms with van der Waals surface area (Å²) in [6, 6.07) is 4.92. The van der Waals surface area contributed by atoms with Crippen molar-refractivity contribution in [2.45, 2.75) is 38.3 Å². The van der Waals surface area contributed by atoms with Gasteiger partial charge in [0, 0.05) is 23.4 Å². The maximum absolute atomic E-state index is 14.6. The molecule has 9 heteroatoms. The second-order valence-corrected chi connectivity index (χ2v) is 7.40. The van der Waals surface area contributed by atoms with Crippen LogP contribution in [-0.2, 0) is 10.3 Å². The Labute approximate surface area is 165 Å². The second kappa shape index (κ2) is 6.75. The molecule has 0 saturated heterocycles. The zero-order valence-electron chi connectivity index (χ0n) is 15.7. The van der Waals surface area contributed by atoms with Crippen LogP contribution in [-0.4, -0.2) is 29.4 Å². The van der Waals surface area contributed by atoms with Crippen molar-refractivity contribution < 1.29 is 22.7 Å². The molecule has 2 heterocycles. The summed E-state index contributed by atoms with van der Waals surface area (Å²) in [6.45, 7) is 3.59. The number of ether oxygens (including phenoxy) is 1. The summed E-state index contributed by atoms with van der Waals surface area (Å²) in [5.74, 6) is -2.06. The van der Waals surface area contributed by atoms with Crippen LogP contribution in [0.2, 0.25) is 0 Å². The number of rotatable bonds is 4. The summed E-state index contributed by atoms with van der Waals surface area (Å²) in [5.41, 5.74) is 5.02. The van der Waals surface area contributed by atoms with E-state index in [9.17, 15) is 18.0 Å². The Bertz CT molecular complexity index is 1030. The number of carbonyl (C=O) groups excluding carboxylic acids is 1. The smallest absolute Gasteiger partial charge is 0.283 e. The minimum Gasteiger partial charge on any atom is -0.462 e. The van der Waals surface area contributed by atoms with Crippen LogP contribution in [0.3, 0.4) is 0 Å². The van der Waals surface area contributed by atoms with E-state index in [0.29, 0.717) is 12.0 Å². The number of hydrogen-bond donors (Lipinski definition) is 2. The van der Waals surface area contributed by atoms with Gasteiger partial charge in [-0.25, -0.2) is 18.2 Å². The van der Waals surface area contributed by atoms with E-state index in [-0.39, 0.29) is 16.9 Å². The number of hydrogen-bond acceptors (Lipinski definition) is 5. The number of fused-ring (bicyclic) bond motifs is 1. The van der Waals surface area contributed by atoms with Gasteiger partial charge in [0.1, 0.15) is 17.6 Å². The predicted octanol–water partition coefficient (Wildman–Crippen LogP) is 3.28. The van der Waals surface area contributed by atoms with Crippen molar-refractivity contribution >= 4 is 17.6 Å². The number of benzene rings is 1. The van der Waals surface area contributed by atoms with Gasteiger partial charge < -0.3 is 15.8 Å². The number of pyridine rings is 1. The van der Waals surface area contributed by atoms with Gasteiger partial charge in [0.2, 0.25) is 0 Å². The molecule has 1 saturated carbocycles. The number of nitrogens with zero attached hydrogens (tertiary/aromatic N) is 2. The minimum atomic E-state index is -3.00. The molecule has 1 aromatic carbocycles. The third-order valence-corrected chi connectivity index (χ3v) is 5.28. The van der Waals surface area contributed by atoms with Gasteiger partial charge in [0.15, 0.2) is 5.54 Å². The molecule has 0 radical (unpaired) electrons. The Morgan fingerprint density at radius 3 is 2.79 bits per heavy atom. The van der Waals surface area contributed by atoms with Crippen LogP contribution >= 0.6 is 0 Å². The van der Waals surface area contributed by atoms with Gasteiger partial charge in [-0.1, -0.05) is 6.07 Å². The Kier molecular flexibility index (Phi) is 4.48. The Morgan fingerprint density at radius 1 is 1.34 bits per heavy atom. The van der Waals surface area contributed by atoms with E-state index in [1.54, 1.807) is 19.2 Å². The molecule has 2 aliphatic rings. The molecule has 1 amide bonds. The SMILES string of the molecule is Cc1cnc(C(=O)Nc2ccc(F)c([C@@]3(C(F)F)N=C(N)O[C@@H]4C[C@@H]43)c2)c(C)c1. The lowest BCUT2D eigenvalue weighted by Gasteiger charge is -2.33. The number of alkyl halides is 2. The van der Waals surface area contributed by atoms with Crippen LogP contribution in [0.4, 0.5) is 18.9 Å². The lowest BCUT2D eigenvalue weighted by atomic mass is 9.84. The first-order valence-corrected chi connectivity index (χ1v) is 9.07. The van der Waals surface area contributed by atoms with Gasteiger partial charge in [0.05, 0.1) is 0 Å². The fourth-order valence-corrected chi connectivity index (χ4v) is 3.85. The van der Waals surface area contributed by atoms with Gasteiger partial charge in [-0.15, -0.1) is 0 Å². The van der Waals surface area contributed by atoms with Crippen molar-refractivity contribution in [1.82, 2.24) is 4.98 Å². The Balaban J connectivity index is 1.71. The van der Waals surface area contributed by atoms with E-state index in [2.05, 4.69) is 15.3 Å². The van der Waals surface area contributed by atoms with E-state index >= 15 is 0 Å². The molecule has 3 atom stereocenters. The quantitative estimate of drug-likeness (QED) is 0.818. The van der Waals surface area contributed by atoms with Gasteiger partial charge in [-0.3, -0.25) is 9.78 Å². The van der Waals surface area contributed by atoms with Crippen LogP contribution in [0.15, 0.2) is 35.5 Å². The topological polar surface area (TPSA) is 89.6 Å². The minimum absolute atomic E-state index is 0.158. The first-order valence-electron chi connectivity index (χ1n) is 9.07. The molecular weight excluding hydrogens is 385 g/mol. The number of aryl methyl sites for hydroxylation is 2. The number of amidine groups is 1. The number of carbonyl (C=O) groups is 1. The third kappa shape index (κ3) is 3.20. The zero-order valence-corrected chi connectivity index (χ0v) is 15.7. The molecular formula is C20H19F3N4O2. The van der Waals surface area contributed by atoms with Crippen LogP contribution in [0.25, 0.3) is 0 Å². The highest BCUT2D eigenvalue weighted by Crippen LogP contribution is 2.56. The summed E-state index contributed by atoms with van der Waals surface area (Å²) >= 11 is 0. The summed E-state index contributed by atoms with van der Waals surface area (Å²) in [7, 11) is 0. The molecule has 0 bridgehead atoms. The van der Waals surface area contributed by atoms with Crippen molar-refractivity contribution in [1.29, 1.82) is 0 Å². The molecule has 4 rings (SSSR count).